The Hall–Kier alpha value is -1.26. The lowest BCUT2D eigenvalue weighted by Gasteiger charge is -2.46. The van der Waals surface area contributed by atoms with Gasteiger partial charge in [-0.1, -0.05) is 20.8 Å². The number of urea groups is 1. The van der Waals surface area contributed by atoms with Crippen LogP contribution in [0.5, 0.6) is 0 Å². The lowest BCUT2D eigenvalue weighted by Crippen LogP contribution is -2.54. The molecule has 0 saturated heterocycles. The summed E-state index contributed by atoms with van der Waals surface area (Å²) in [6.45, 7) is 8.59. The van der Waals surface area contributed by atoms with Crippen molar-refractivity contribution in [3.8, 4) is 0 Å². The summed E-state index contributed by atoms with van der Waals surface area (Å²) in [6, 6.07) is -0.0315. The number of rotatable bonds is 3. The van der Waals surface area contributed by atoms with Crippen LogP contribution < -0.4 is 5.32 Å². The number of nitrogens with zero attached hydrogens (tertiary/aromatic N) is 1. The SMILES string of the molecule is CCN(C)C(=O)NC1CCC(C(=O)O)C(C)(C)C1C. The molecule has 0 radical (unpaired) electrons. The van der Waals surface area contributed by atoms with Gasteiger partial charge in [0.25, 0.3) is 0 Å². The van der Waals surface area contributed by atoms with Crippen LogP contribution in [0.2, 0.25) is 0 Å². The molecule has 1 aliphatic carbocycles. The summed E-state index contributed by atoms with van der Waals surface area (Å²) < 4.78 is 0. The molecule has 0 bridgehead atoms. The van der Waals surface area contributed by atoms with Crippen LogP contribution in [-0.4, -0.2) is 41.6 Å². The first-order valence-corrected chi connectivity index (χ1v) is 6.96. The maximum Gasteiger partial charge on any atom is 0.317 e. The maximum absolute atomic E-state index is 11.9. The molecule has 0 heterocycles. The summed E-state index contributed by atoms with van der Waals surface area (Å²) in [5, 5.41) is 12.3. The zero-order chi connectivity index (χ0) is 14.8. The van der Waals surface area contributed by atoms with Crippen molar-refractivity contribution in [3.05, 3.63) is 0 Å². The van der Waals surface area contributed by atoms with Crippen LogP contribution in [-0.2, 0) is 4.79 Å². The number of carbonyl (C=O) groups excluding carboxylic acids is 1. The van der Waals surface area contributed by atoms with Crippen molar-refractivity contribution in [3.63, 3.8) is 0 Å². The number of carboxylic acid groups (broad SMARTS) is 1. The van der Waals surface area contributed by atoms with E-state index >= 15 is 0 Å². The first-order chi connectivity index (χ1) is 8.71. The topological polar surface area (TPSA) is 69.6 Å². The molecule has 5 nitrogen and oxygen atoms in total. The molecule has 2 amide bonds. The first kappa shape index (κ1) is 15.8. The molecule has 110 valence electrons. The summed E-state index contributed by atoms with van der Waals surface area (Å²) in [5.41, 5.74) is -0.313. The molecular weight excluding hydrogens is 244 g/mol. The van der Waals surface area contributed by atoms with Gasteiger partial charge in [0.2, 0.25) is 0 Å². The Balaban J connectivity index is 2.75. The Kier molecular flexibility index (Phi) is 4.82. The van der Waals surface area contributed by atoms with E-state index in [0.29, 0.717) is 13.0 Å². The van der Waals surface area contributed by atoms with Crippen molar-refractivity contribution in [1.82, 2.24) is 10.2 Å². The average molecular weight is 270 g/mol. The summed E-state index contributed by atoms with van der Waals surface area (Å²) in [7, 11) is 1.76. The molecule has 3 unspecified atom stereocenters. The summed E-state index contributed by atoms with van der Waals surface area (Å²) >= 11 is 0. The molecular formula is C14H26N2O3. The first-order valence-electron chi connectivity index (χ1n) is 6.96. The maximum atomic E-state index is 11.9. The molecule has 0 aromatic heterocycles. The van der Waals surface area contributed by atoms with Crippen LogP contribution in [0.1, 0.15) is 40.5 Å². The molecule has 0 aromatic carbocycles. The van der Waals surface area contributed by atoms with Gasteiger partial charge in [0, 0.05) is 19.6 Å². The average Bonchev–Trinajstić information content (AvgIpc) is 2.33. The van der Waals surface area contributed by atoms with E-state index in [-0.39, 0.29) is 29.3 Å². The number of hydrogen-bond donors (Lipinski definition) is 2. The number of carbonyl (C=O) groups is 2. The molecule has 19 heavy (non-hydrogen) atoms. The van der Waals surface area contributed by atoms with Gasteiger partial charge in [0.05, 0.1) is 5.92 Å². The Labute approximate surface area is 115 Å². The predicted octanol–water partition coefficient (Wildman–Crippen LogP) is 2.17. The largest absolute Gasteiger partial charge is 0.481 e. The monoisotopic (exact) mass is 270 g/mol. The lowest BCUT2D eigenvalue weighted by molar-refractivity contribution is -0.150. The van der Waals surface area contributed by atoms with Gasteiger partial charge in [0.1, 0.15) is 0 Å². The molecule has 1 rings (SSSR count). The van der Waals surface area contributed by atoms with Crippen LogP contribution in [0.4, 0.5) is 4.79 Å². The van der Waals surface area contributed by atoms with Crippen molar-refractivity contribution in [2.24, 2.45) is 17.3 Å². The quantitative estimate of drug-likeness (QED) is 0.825. The van der Waals surface area contributed by atoms with E-state index in [1.54, 1.807) is 11.9 Å². The van der Waals surface area contributed by atoms with E-state index in [0.717, 1.165) is 6.42 Å². The predicted molar refractivity (Wildman–Crippen MR) is 73.9 cm³/mol. The molecule has 0 aliphatic heterocycles. The third kappa shape index (κ3) is 3.19. The van der Waals surface area contributed by atoms with Gasteiger partial charge in [-0.05, 0) is 31.1 Å². The van der Waals surface area contributed by atoms with Crippen molar-refractivity contribution in [1.29, 1.82) is 0 Å². The van der Waals surface area contributed by atoms with Gasteiger partial charge in [-0.25, -0.2) is 4.79 Å². The second-order valence-electron chi connectivity index (χ2n) is 6.15. The van der Waals surface area contributed by atoms with E-state index in [4.69, 9.17) is 0 Å². The van der Waals surface area contributed by atoms with Crippen molar-refractivity contribution >= 4 is 12.0 Å². The highest BCUT2D eigenvalue weighted by atomic mass is 16.4. The van der Waals surface area contributed by atoms with Gasteiger partial charge in [-0.2, -0.15) is 0 Å². The van der Waals surface area contributed by atoms with E-state index in [2.05, 4.69) is 5.32 Å². The van der Waals surface area contributed by atoms with Crippen molar-refractivity contribution < 1.29 is 14.7 Å². The van der Waals surface area contributed by atoms with Crippen molar-refractivity contribution in [2.45, 2.75) is 46.6 Å². The van der Waals surface area contributed by atoms with Crippen LogP contribution >= 0.6 is 0 Å². The minimum Gasteiger partial charge on any atom is -0.481 e. The van der Waals surface area contributed by atoms with Crippen LogP contribution in [0, 0.1) is 17.3 Å². The third-order valence-corrected chi connectivity index (χ3v) is 4.87. The van der Waals surface area contributed by atoms with E-state index in [1.807, 2.05) is 27.7 Å². The smallest absolute Gasteiger partial charge is 0.317 e. The Morgan fingerprint density at radius 3 is 2.42 bits per heavy atom. The number of carboxylic acids is 1. The summed E-state index contributed by atoms with van der Waals surface area (Å²) in [5.74, 6) is -0.927. The Bertz CT molecular complexity index is 355. The molecule has 5 heteroatoms. The molecule has 2 N–H and O–H groups in total. The zero-order valence-corrected chi connectivity index (χ0v) is 12.6. The summed E-state index contributed by atoms with van der Waals surface area (Å²) in [4.78, 5) is 24.8. The molecule has 1 fully saturated rings. The number of nitrogens with one attached hydrogen (secondary N) is 1. The fraction of sp³-hybridized carbons (Fsp3) is 0.857. The zero-order valence-electron chi connectivity index (χ0n) is 12.6. The normalized spacial score (nSPS) is 29.6. The number of aliphatic carboxylic acids is 1. The standard InChI is InChI=1S/C14H26N2O3/c1-6-16(5)13(19)15-11-8-7-10(12(17)18)14(3,4)9(11)2/h9-11H,6-8H2,1-5H3,(H,15,19)(H,17,18). The second kappa shape index (κ2) is 5.80. The van der Waals surface area contributed by atoms with Gasteiger partial charge >= 0.3 is 12.0 Å². The van der Waals surface area contributed by atoms with Crippen LogP contribution in [0.3, 0.4) is 0 Å². The van der Waals surface area contributed by atoms with Gasteiger partial charge in [-0.3, -0.25) is 4.79 Å². The lowest BCUT2D eigenvalue weighted by atomic mass is 9.61. The highest BCUT2D eigenvalue weighted by Crippen LogP contribution is 2.45. The van der Waals surface area contributed by atoms with Crippen LogP contribution in [0.25, 0.3) is 0 Å². The minimum atomic E-state index is -0.729. The Morgan fingerprint density at radius 2 is 1.95 bits per heavy atom. The molecule has 3 atom stereocenters. The summed E-state index contributed by atoms with van der Waals surface area (Å²) in [6.07, 6.45) is 1.35. The highest BCUT2D eigenvalue weighted by molar-refractivity contribution is 5.74. The number of hydrogen-bond acceptors (Lipinski definition) is 2. The van der Waals surface area contributed by atoms with Gasteiger partial charge in [-0.15, -0.1) is 0 Å². The molecule has 1 saturated carbocycles. The van der Waals surface area contributed by atoms with Crippen LogP contribution in [0.15, 0.2) is 0 Å². The fourth-order valence-corrected chi connectivity index (χ4v) is 2.86. The van der Waals surface area contributed by atoms with Crippen molar-refractivity contribution in [2.75, 3.05) is 13.6 Å². The Morgan fingerprint density at radius 1 is 1.37 bits per heavy atom. The van der Waals surface area contributed by atoms with Gasteiger partial charge in [0.15, 0.2) is 0 Å². The molecule has 0 aromatic rings. The molecule has 0 spiro atoms. The van der Waals surface area contributed by atoms with E-state index in [9.17, 15) is 14.7 Å². The van der Waals surface area contributed by atoms with Gasteiger partial charge < -0.3 is 15.3 Å². The fourth-order valence-electron chi connectivity index (χ4n) is 2.86. The third-order valence-electron chi connectivity index (χ3n) is 4.87. The number of amides is 2. The highest BCUT2D eigenvalue weighted by Gasteiger charge is 2.46. The van der Waals surface area contributed by atoms with E-state index in [1.165, 1.54) is 0 Å². The molecule has 1 aliphatic rings. The van der Waals surface area contributed by atoms with E-state index < -0.39 is 5.97 Å². The minimum absolute atomic E-state index is 0.0482. The second-order valence-corrected chi connectivity index (χ2v) is 6.15.